The summed E-state index contributed by atoms with van der Waals surface area (Å²) in [6.07, 6.45) is 4.08. The Morgan fingerprint density at radius 1 is 1.43 bits per heavy atom. The van der Waals surface area contributed by atoms with E-state index in [4.69, 9.17) is 4.74 Å². The van der Waals surface area contributed by atoms with Crippen molar-refractivity contribution in [1.82, 2.24) is 0 Å². The summed E-state index contributed by atoms with van der Waals surface area (Å²) in [6.45, 7) is 5.77. The highest BCUT2D eigenvalue weighted by Gasteiger charge is 2.50. The molecule has 2 aliphatic carbocycles. The zero-order valence-corrected chi connectivity index (χ0v) is 13.9. The van der Waals surface area contributed by atoms with Crippen LogP contribution in [0, 0.1) is 0 Å². The molecule has 23 heavy (non-hydrogen) atoms. The molecule has 0 radical (unpaired) electrons. The predicted molar refractivity (Wildman–Crippen MR) is 90.2 cm³/mol. The van der Waals surface area contributed by atoms with Gasteiger partial charge in [0.2, 0.25) is 0 Å². The third kappa shape index (κ3) is 1.85. The number of aromatic hydroxyl groups is 1. The maximum Gasteiger partial charge on any atom is 0.308 e. The van der Waals surface area contributed by atoms with Crippen LogP contribution in [0.4, 0.5) is 0 Å². The standard InChI is InChI=1S/C20H22O3/c1-4-12-6-5-7-14-15(12)19(23-11(2)21)16-13-8-9-20(3,10-13)17(16)18(14)22/h5-7,13,22H,4,8-10H2,1-3H3. The lowest BCUT2D eigenvalue weighted by Gasteiger charge is -2.28. The molecule has 0 heterocycles. The molecule has 2 aromatic rings. The van der Waals surface area contributed by atoms with Gasteiger partial charge in [-0.15, -0.1) is 0 Å². The minimum Gasteiger partial charge on any atom is -0.507 e. The van der Waals surface area contributed by atoms with Gasteiger partial charge in [0.15, 0.2) is 0 Å². The van der Waals surface area contributed by atoms with Crippen molar-refractivity contribution >= 4 is 16.7 Å². The first-order chi connectivity index (χ1) is 11.0. The van der Waals surface area contributed by atoms with Gasteiger partial charge in [0.1, 0.15) is 11.5 Å². The molecule has 0 spiro atoms. The lowest BCUT2D eigenvalue weighted by Crippen LogP contribution is -2.17. The molecule has 2 aliphatic rings. The molecule has 4 rings (SSSR count). The van der Waals surface area contributed by atoms with Gasteiger partial charge in [-0.2, -0.15) is 0 Å². The maximum atomic E-state index is 11.7. The minimum absolute atomic E-state index is 0.00932. The number of esters is 1. The minimum atomic E-state index is -0.293. The van der Waals surface area contributed by atoms with Crippen LogP contribution in [0.25, 0.3) is 10.8 Å². The third-order valence-corrected chi connectivity index (χ3v) is 5.76. The average Bonchev–Trinajstić information content (AvgIpc) is 3.04. The number of hydrogen-bond donors (Lipinski definition) is 1. The fraction of sp³-hybridized carbons (Fsp3) is 0.450. The zero-order chi connectivity index (χ0) is 16.4. The van der Waals surface area contributed by atoms with E-state index in [1.165, 1.54) is 6.92 Å². The molecular formula is C20H22O3. The van der Waals surface area contributed by atoms with Crippen LogP contribution in [0.15, 0.2) is 18.2 Å². The molecular weight excluding hydrogens is 288 g/mol. The van der Waals surface area contributed by atoms with Gasteiger partial charge in [0.25, 0.3) is 0 Å². The van der Waals surface area contributed by atoms with Crippen LogP contribution in [0.1, 0.15) is 62.6 Å². The van der Waals surface area contributed by atoms with Gasteiger partial charge in [0.05, 0.1) is 0 Å². The van der Waals surface area contributed by atoms with Crippen LogP contribution < -0.4 is 4.74 Å². The topological polar surface area (TPSA) is 46.5 Å². The first-order valence-corrected chi connectivity index (χ1v) is 8.45. The smallest absolute Gasteiger partial charge is 0.308 e. The van der Waals surface area contributed by atoms with Gasteiger partial charge in [0, 0.05) is 28.8 Å². The summed E-state index contributed by atoms with van der Waals surface area (Å²) in [5.41, 5.74) is 3.23. The van der Waals surface area contributed by atoms with E-state index >= 15 is 0 Å². The predicted octanol–water partition coefficient (Wildman–Crippen LogP) is 4.57. The highest BCUT2D eigenvalue weighted by molar-refractivity contribution is 6.00. The largest absolute Gasteiger partial charge is 0.507 e. The molecule has 2 bridgehead atoms. The fourth-order valence-electron chi connectivity index (χ4n) is 4.84. The first kappa shape index (κ1) is 14.6. The third-order valence-electron chi connectivity index (χ3n) is 5.76. The number of benzene rings is 2. The Bertz CT molecular complexity index is 837. The van der Waals surface area contributed by atoms with E-state index < -0.39 is 0 Å². The monoisotopic (exact) mass is 310 g/mol. The van der Waals surface area contributed by atoms with Crippen molar-refractivity contribution in [3.05, 3.63) is 34.9 Å². The number of phenolic OH excluding ortho intramolecular Hbond substituents is 1. The van der Waals surface area contributed by atoms with Gasteiger partial charge in [-0.3, -0.25) is 4.79 Å². The quantitative estimate of drug-likeness (QED) is 0.653. The van der Waals surface area contributed by atoms with Crippen molar-refractivity contribution < 1.29 is 14.6 Å². The lowest BCUT2D eigenvalue weighted by atomic mass is 9.78. The second-order valence-corrected chi connectivity index (χ2v) is 7.25. The second kappa shape index (κ2) is 4.73. The average molecular weight is 310 g/mol. The highest BCUT2D eigenvalue weighted by Crippen LogP contribution is 2.63. The van der Waals surface area contributed by atoms with Crippen LogP contribution in [0.2, 0.25) is 0 Å². The van der Waals surface area contributed by atoms with Gasteiger partial charge >= 0.3 is 5.97 Å². The molecule has 0 amide bonds. The Balaban J connectivity index is 2.16. The number of fused-ring (bicyclic) bond motifs is 6. The van der Waals surface area contributed by atoms with E-state index in [1.54, 1.807) is 0 Å². The normalized spacial score (nSPS) is 24.9. The summed E-state index contributed by atoms with van der Waals surface area (Å²) in [5, 5.41) is 12.7. The number of phenols is 1. The van der Waals surface area contributed by atoms with E-state index in [0.717, 1.165) is 53.1 Å². The first-order valence-electron chi connectivity index (χ1n) is 8.45. The van der Waals surface area contributed by atoms with Crippen LogP contribution in [0.3, 0.4) is 0 Å². The Kier molecular flexibility index (Phi) is 2.99. The number of aryl methyl sites for hydroxylation is 1. The van der Waals surface area contributed by atoms with Crippen LogP contribution in [-0.4, -0.2) is 11.1 Å². The fourth-order valence-corrected chi connectivity index (χ4v) is 4.84. The van der Waals surface area contributed by atoms with Gasteiger partial charge < -0.3 is 9.84 Å². The molecule has 2 atom stereocenters. The summed E-state index contributed by atoms with van der Waals surface area (Å²) in [6, 6.07) is 5.96. The van der Waals surface area contributed by atoms with E-state index in [9.17, 15) is 9.90 Å². The molecule has 1 fully saturated rings. The Hall–Kier alpha value is -2.03. The molecule has 1 N–H and O–H groups in total. The molecule has 1 saturated carbocycles. The van der Waals surface area contributed by atoms with Gasteiger partial charge in [-0.25, -0.2) is 0 Å². The summed E-state index contributed by atoms with van der Waals surface area (Å²) in [7, 11) is 0. The number of carbonyl (C=O) groups excluding carboxylic acids is 1. The van der Waals surface area contributed by atoms with E-state index in [-0.39, 0.29) is 11.4 Å². The Morgan fingerprint density at radius 2 is 2.22 bits per heavy atom. The number of hydrogen-bond acceptors (Lipinski definition) is 3. The number of carbonyl (C=O) groups is 1. The summed E-state index contributed by atoms with van der Waals surface area (Å²) in [4.78, 5) is 11.7. The van der Waals surface area contributed by atoms with Crippen molar-refractivity contribution in [3.8, 4) is 11.5 Å². The van der Waals surface area contributed by atoms with Gasteiger partial charge in [-0.05, 0) is 42.6 Å². The molecule has 3 heteroatoms. The van der Waals surface area contributed by atoms with Crippen LogP contribution in [-0.2, 0) is 16.6 Å². The van der Waals surface area contributed by atoms with E-state index in [1.807, 2.05) is 12.1 Å². The molecule has 0 aliphatic heterocycles. The second-order valence-electron chi connectivity index (χ2n) is 7.25. The zero-order valence-electron chi connectivity index (χ0n) is 13.9. The summed E-state index contributed by atoms with van der Waals surface area (Å²) in [5.74, 6) is 1.19. The molecule has 120 valence electrons. The Morgan fingerprint density at radius 3 is 2.91 bits per heavy atom. The van der Waals surface area contributed by atoms with Crippen molar-refractivity contribution in [2.45, 2.75) is 57.8 Å². The van der Waals surface area contributed by atoms with Crippen molar-refractivity contribution in [2.75, 3.05) is 0 Å². The lowest BCUT2D eigenvalue weighted by molar-refractivity contribution is -0.131. The highest BCUT2D eigenvalue weighted by atomic mass is 16.5. The molecule has 3 nitrogen and oxygen atoms in total. The SMILES string of the molecule is CCc1cccc2c(O)c3c(c(OC(C)=O)c12)C1CCC3(C)C1. The van der Waals surface area contributed by atoms with Crippen LogP contribution in [0.5, 0.6) is 11.5 Å². The molecule has 0 aromatic heterocycles. The number of ether oxygens (including phenoxy) is 1. The molecule has 2 aromatic carbocycles. The summed E-state index contributed by atoms with van der Waals surface area (Å²) < 4.78 is 5.72. The van der Waals surface area contributed by atoms with Gasteiger partial charge in [-0.1, -0.05) is 32.0 Å². The number of rotatable bonds is 2. The Labute approximate surface area is 136 Å². The van der Waals surface area contributed by atoms with E-state index in [2.05, 4.69) is 19.9 Å². The van der Waals surface area contributed by atoms with Crippen molar-refractivity contribution in [1.29, 1.82) is 0 Å². The molecule has 0 saturated heterocycles. The van der Waals surface area contributed by atoms with Crippen LogP contribution >= 0.6 is 0 Å². The van der Waals surface area contributed by atoms with Crippen molar-refractivity contribution in [2.24, 2.45) is 0 Å². The van der Waals surface area contributed by atoms with E-state index in [0.29, 0.717) is 17.4 Å². The summed E-state index contributed by atoms with van der Waals surface area (Å²) >= 11 is 0. The van der Waals surface area contributed by atoms with Crippen molar-refractivity contribution in [3.63, 3.8) is 0 Å². The molecule has 2 unspecified atom stereocenters. The maximum absolute atomic E-state index is 11.7.